The van der Waals surface area contributed by atoms with Crippen LogP contribution < -0.4 is 10.7 Å². The van der Waals surface area contributed by atoms with Gasteiger partial charge < -0.3 is 5.32 Å². The molecule has 2 N–H and O–H groups in total. The molecule has 0 bridgehead atoms. The van der Waals surface area contributed by atoms with E-state index in [-0.39, 0.29) is 12.3 Å². The topological polar surface area (TPSA) is 70.6 Å². The zero-order chi connectivity index (χ0) is 18.6. The van der Waals surface area contributed by atoms with E-state index in [1.807, 2.05) is 55.5 Å². The second-order valence-electron chi connectivity index (χ2n) is 6.13. The molecule has 0 spiro atoms. The van der Waals surface area contributed by atoms with Gasteiger partial charge in [0, 0.05) is 12.3 Å². The highest BCUT2D eigenvalue weighted by molar-refractivity contribution is 5.97. The lowest BCUT2D eigenvalue weighted by molar-refractivity contribution is -0.129. The first-order valence-corrected chi connectivity index (χ1v) is 8.80. The number of nitrogens with zero attached hydrogens (tertiary/aromatic N) is 1. The van der Waals surface area contributed by atoms with E-state index in [1.54, 1.807) is 0 Å². The minimum Gasteiger partial charge on any atom is -0.355 e. The Bertz CT molecular complexity index is 727. The average molecular weight is 351 g/mol. The predicted molar refractivity (Wildman–Crippen MR) is 104 cm³/mol. The van der Waals surface area contributed by atoms with E-state index in [0.717, 1.165) is 30.5 Å². The lowest BCUT2D eigenvalue weighted by atomic mass is 10.1. The Morgan fingerprint density at radius 3 is 2.04 bits per heavy atom. The van der Waals surface area contributed by atoms with Gasteiger partial charge >= 0.3 is 0 Å². The van der Waals surface area contributed by atoms with Crippen molar-refractivity contribution in [2.24, 2.45) is 5.10 Å². The molecule has 0 radical (unpaired) electrons. The summed E-state index contributed by atoms with van der Waals surface area (Å²) in [5.74, 6) is -0.697. The smallest absolute Gasteiger partial charge is 0.249 e. The standard InChI is InChI=1S/C21H25N3O2/c1-17(12-13-18-8-4-2-5-9-18)23-24-21(26)16-20(25)22-15-14-19-10-6-3-7-11-19/h2-11H,12-16H2,1H3,(H,22,25)(H,24,26)/b23-17-. The molecule has 0 saturated carbocycles. The van der Waals surface area contributed by atoms with Crippen molar-refractivity contribution in [3.05, 3.63) is 71.8 Å². The first kappa shape index (κ1) is 19.4. The largest absolute Gasteiger partial charge is 0.355 e. The van der Waals surface area contributed by atoms with Crippen LogP contribution in [0, 0.1) is 0 Å². The third kappa shape index (κ3) is 7.75. The van der Waals surface area contributed by atoms with Crippen molar-refractivity contribution in [3.63, 3.8) is 0 Å². The molecule has 5 heteroatoms. The lowest BCUT2D eigenvalue weighted by Gasteiger charge is -2.05. The van der Waals surface area contributed by atoms with Gasteiger partial charge in [-0.1, -0.05) is 60.7 Å². The molecule has 0 heterocycles. The van der Waals surface area contributed by atoms with E-state index in [0.29, 0.717) is 6.54 Å². The summed E-state index contributed by atoms with van der Waals surface area (Å²) >= 11 is 0. The number of carbonyl (C=O) groups is 2. The molecule has 26 heavy (non-hydrogen) atoms. The average Bonchev–Trinajstić information content (AvgIpc) is 2.66. The lowest BCUT2D eigenvalue weighted by Crippen LogP contribution is -2.31. The minimum atomic E-state index is -0.402. The molecule has 2 aromatic carbocycles. The zero-order valence-corrected chi connectivity index (χ0v) is 15.1. The maximum absolute atomic E-state index is 11.8. The number of amides is 2. The summed E-state index contributed by atoms with van der Waals surface area (Å²) in [5.41, 5.74) is 5.65. The number of carbonyl (C=O) groups excluding carboxylic acids is 2. The first-order valence-electron chi connectivity index (χ1n) is 8.80. The number of rotatable bonds is 9. The maximum atomic E-state index is 11.8. The second-order valence-corrected chi connectivity index (χ2v) is 6.13. The number of benzene rings is 2. The summed E-state index contributed by atoms with van der Waals surface area (Å²) in [5, 5.41) is 6.81. The van der Waals surface area contributed by atoms with E-state index >= 15 is 0 Å². The predicted octanol–water partition coefficient (Wildman–Crippen LogP) is 2.86. The van der Waals surface area contributed by atoms with Crippen molar-refractivity contribution in [2.75, 3.05) is 6.54 Å². The fourth-order valence-corrected chi connectivity index (χ4v) is 2.42. The maximum Gasteiger partial charge on any atom is 0.249 e. The van der Waals surface area contributed by atoms with Crippen LogP contribution in [0.4, 0.5) is 0 Å². The van der Waals surface area contributed by atoms with Crippen LogP contribution in [0.1, 0.15) is 30.9 Å². The molecule has 136 valence electrons. The van der Waals surface area contributed by atoms with Gasteiger partial charge in [-0.05, 0) is 37.3 Å². The van der Waals surface area contributed by atoms with E-state index < -0.39 is 5.91 Å². The van der Waals surface area contributed by atoms with Crippen molar-refractivity contribution in [2.45, 2.75) is 32.6 Å². The van der Waals surface area contributed by atoms with E-state index in [4.69, 9.17) is 0 Å². The van der Waals surface area contributed by atoms with E-state index in [2.05, 4.69) is 28.0 Å². The number of aryl methyl sites for hydroxylation is 1. The number of hydrogen-bond acceptors (Lipinski definition) is 3. The fourth-order valence-electron chi connectivity index (χ4n) is 2.42. The molecule has 5 nitrogen and oxygen atoms in total. The quantitative estimate of drug-likeness (QED) is 0.414. The molecule has 2 amide bonds. The number of hydrazone groups is 1. The van der Waals surface area contributed by atoms with Gasteiger partial charge in [-0.2, -0.15) is 5.10 Å². The Hall–Kier alpha value is -2.95. The van der Waals surface area contributed by atoms with E-state index in [1.165, 1.54) is 5.56 Å². The van der Waals surface area contributed by atoms with Crippen molar-refractivity contribution in [1.82, 2.24) is 10.7 Å². The summed E-state index contributed by atoms with van der Waals surface area (Å²) in [6, 6.07) is 20.0. The van der Waals surface area contributed by atoms with Gasteiger partial charge in [-0.3, -0.25) is 9.59 Å². The van der Waals surface area contributed by atoms with Gasteiger partial charge in [0.15, 0.2) is 0 Å². The van der Waals surface area contributed by atoms with Crippen molar-refractivity contribution in [3.8, 4) is 0 Å². The Kier molecular flexibility index (Phi) is 8.06. The molecule has 0 atom stereocenters. The Balaban J connectivity index is 1.63. The fraction of sp³-hybridized carbons (Fsp3) is 0.286. The van der Waals surface area contributed by atoms with E-state index in [9.17, 15) is 9.59 Å². The highest BCUT2D eigenvalue weighted by atomic mass is 16.2. The molecule has 0 saturated heterocycles. The van der Waals surface area contributed by atoms with Gasteiger partial charge in [0.05, 0.1) is 0 Å². The van der Waals surface area contributed by atoms with Gasteiger partial charge in [0.2, 0.25) is 11.8 Å². The molecule has 2 rings (SSSR count). The van der Waals surface area contributed by atoms with Crippen LogP contribution in [0.15, 0.2) is 65.8 Å². The van der Waals surface area contributed by atoms with Gasteiger partial charge in [-0.15, -0.1) is 0 Å². The number of hydrogen-bond donors (Lipinski definition) is 2. The van der Waals surface area contributed by atoms with Crippen LogP contribution in [0.3, 0.4) is 0 Å². The Labute approximate surface area is 154 Å². The highest BCUT2D eigenvalue weighted by Crippen LogP contribution is 2.03. The normalized spacial score (nSPS) is 11.0. The summed E-state index contributed by atoms with van der Waals surface area (Å²) in [4.78, 5) is 23.6. The molecular weight excluding hydrogens is 326 g/mol. The molecule has 0 aliphatic heterocycles. The summed E-state index contributed by atoms with van der Waals surface area (Å²) < 4.78 is 0. The van der Waals surface area contributed by atoms with Crippen molar-refractivity contribution in [1.29, 1.82) is 0 Å². The molecule has 0 aliphatic rings. The highest BCUT2D eigenvalue weighted by Gasteiger charge is 2.08. The van der Waals surface area contributed by atoms with Gasteiger partial charge in [0.1, 0.15) is 6.42 Å². The van der Waals surface area contributed by atoms with Gasteiger partial charge in [-0.25, -0.2) is 5.43 Å². The van der Waals surface area contributed by atoms with Crippen LogP contribution in [0.2, 0.25) is 0 Å². The van der Waals surface area contributed by atoms with Crippen LogP contribution >= 0.6 is 0 Å². The molecule has 0 unspecified atom stereocenters. The third-order valence-corrected chi connectivity index (χ3v) is 3.89. The van der Waals surface area contributed by atoms with Crippen LogP contribution in [0.25, 0.3) is 0 Å². The van der Waals surface area contributed by atoms with Crippen LogP contribution in [-0.4, -0.2) is 24.1 Å². The molecule has 0 aromatic heterocycles. The summed E-state index contributed by atoms with van der Waals surface area (Å²) in [6.45, 7) is 2.37. The molecule has 0 fully saturated rings. The molecule has 0 aliphatic carbocycles. The molecular formula is C21H25N3O2. The summed E-state index contributed by atoms with van der Waals surface area (Å²) in [6.07, 6.45) is 2.15. The van der Waals surface area contributed by atoms with Crippen molar-refractivity contribution < 1.29 is 9.59 Å². The Morgan fingerprint density at radius 1 is 0.846 bits per heavy atom. The monoisotopic (exact) mass is 351 g/mol. The second kappa shape index (κ2) is 10.8. The SMILES string of the molecule is C/C(CCc1ccccc1)=N/NC(=O)CC(=O)NCCc1ccccc1. The van der Waals surface area contributed by atoms with Crippen molar-refractivity contribution >= 4 is 17.5 Å². The zero-order valence-electron chi connectivity index (χ0n) is 15.1. The minimum absolute atomic E-state index is 0.218. The molecule has 2 aromatic rings. The van der Waals surface area contributed by atoms with Crippen LogP contribution in [-0.2, 0) is 22.4 Å². The third-order valence-electron chi connectivity index (χ3n) is 3.89. The first-order chi connectivity index (χ1) is 12.6. The van der Waals surface area contributed by atoms with Gasteiger partial charge in [0.25, 0.3) is 0 Å². The summed E-state index contributed by atoms with van der Waals surface area (Å²) in [7, 11) is 0. The van der Waals surface area contributed by atoms with Crippen LogP contribution in [0.5, 0.6) is 0 Å². The number of nitrogens with one attached hydrogen (secondary N) is 2. The Morgan fingerprint density at radius 2 is 1.42 bits per heavy atom.